The van der Waals surface area contributed by atoms with Crippen LogP contribution in [0.4, 0.5) is 4.39 Å². The lowest BCUT2D eigenvalue weighted by Crippen LogP contribution is -1.97. The quantitative estimate of drug-likeness (QED) is 0.600. The summed E-state index contributed by atoms with van der Waals surface area (Å²) in [5.74, 6) is 0.431. The summed E-state index contributed by atoms with van der Waals surface area (Å²) in [6.45, 7) is -0.553. The molecular weight excluding hydrogens is 147 g/mol. The van der Waals surface area contributed by atoms with E-state index in [1.165, 1.54) is 17.0 Å². The average Bonchev–Trinajstić information content (AvgIpc) is 2.50. The van der Waals surface area contributed by atoms with Crippen molar-refractivity contribution < 1.29 is 4.39 Å². The zero-order chi connectivity index (χ0) is 7.68. The Morgan fingerprint density at radius 1 is 1.45 bits per heavy atom. The Hall–Kier alpha value is -1.52. The molecule has 4 nitrogen and oxygen atoms in total. The van der Waals surface area contributed by atoms with Crippen molar-refractivity contribution in [2.24, 2.45) is 0 Å². The molecule has 2 heterocycles. The van der Waals surface area contributed by atoms with Gasteiger partial charge < -0.3 is 0 Å². The Morgan fingerprint density at radius 2 is 2.36 bits per heavy atom. The molecule has 0 spiro atoms. The Bertz CT molecular complexity index is 369. The highest BCUT2D eigenvalue weighted by molar-refractivity contribution is 5.25. The van der Waals surface area contributed by atoms with Crippen LogP contribution in [-0.4, -0.2) is 19.6 Å². The van der Waals surface area contributed by atoms with E-state index < -0.39 is 6.67 Å². The standard InChI is InChI=1S/C6H5FN4/c7-3-5-1-2-8-6-9-4-10-11(5)6/h1-2,4H,3H2. The van der Waals surface area contributed by atoms with E-state index in [0.717, 1.165) is 0 Å². The molecule has 2 rings (SSSR count). The zero-order valence-corrected chi connectivity index (χ0v) is 5.61. The monoisotopic (exact) mass is 152 g/mol. The van der Waals surface area contributed by atoms with Crippen molar-refractivity contribution in [3.8, 4) is 0 Å². The van der Waals surface area contributed by atoms with Gasteiger partial charge in [-0.25, -0.2) is 9.37 Å². The highest BCUT2D eigenvalue weighted by Crippen LogP contribution is 2.00. The van der Waals surface area contributed by atoms with Gasteiger partial charge in [-0.15, -0.1) is 0 Å². The van der Waals surface area contributed by atoms with Crippen LogP contribution in [-0.2, 0) is 6.67 Å². The minimum Gasteiger partial charge on any atom is -0.244 e. The molecule has 0 unspecified atom stereocenters. The second kappa shape index (κ2) is 2.26. The number of fused-ring (bicyclic) bond motifs is 1. The summed E-state index contributed by atoms with van der Waals surface area (Å²) in [6, 6.07) is 1.57. The van der Waals surface area contributed by atoms with Gasteiger partial charge in [-0.2, -0.15) is 14.6 Å². The van der Waals surface area contributed by atoms with E-state index in [9.17, 15) is 4.39 Å². The molecule has 2 aromatic rings. The average molecular weight is 152 g/mol. The van der Waals surface area contributed by atoms with E-state index in [2.05, 4.69) is 15.1 Å². The first kappa shape index (κ1) is 6.21. The summed E-state index contributed by atoms with van der Waals surface area (Å²) in [5, 5.41) is 3.79. The molecule has 0 amide bonds. The lowest BCUT2D eigenvalue weighted by atomic mass is 10.4. The second-order valence-electron chi connectivity index (χ2n) is 2.04. The maximum absolute atomic E-state index is 12.2. The van der Waals surface area contributed by atoms with Gasteiger partial charge in [-0.1, -0.05) is 0 Å². The maximum Gasteiger partial charge on any atom is 0.252 e. The minimum absolute atomic E-state index is 0.431. The van der Waals surface area contributed by atoms with Crippen LogP contribution in [0.25, 0.3) is 5.78 Å². The van der Waals surface area contributed by atoms with Gasteiger partial charge in [-0.3, -0.25) is 0 Å². The van der Waals surface area contributed by atoms with Crippen molar-refractivity contribution in [2.45, 2.75) is 6.67 Å². The zero-order valence-electron chi connectivity index (χ0n) is 5.61. The molecule has 0 aliphatic heterocycles. The number of alkyl halides is 1. The van der Waals surface area contributed by atoms with Crippen molar-refractivity contribution >= 4 is 5.78 Å². The molecule has 56 valence electrons. The summed E-state index contributed by atoms with van der Waals surface area (Å²) >= 11 is 0. The predicted octanol–water partition coefficient (Wildman–Crippen LogP) is 0.594. The predicted molar refractivity (Wildman–Crippen MR) is 35.6 cm³/mol. The van der Waals surface area contributed by atoms with Gasteiger partial charge >= 0.3 is 0 Å². The third-order valence-corrected chi connectivity index (χ3v) is 1.40. The molecule has 0 fully saturated rings. The topological polar surface area (TPSA) is 43.1 Å². The summed E-state index contributed by atoms with van der Waals surface area (Å²) < 4.78 is 13.6. The van der Waals surface area contributed by atoms with E-state index in [0.29, 0.717) is 11.5 Å². The molecule has 0 atom stereocenters. The third kappa shape index (κ3) is 0.849. The lowest BCUT2D eigenvalue weighted by Gasteiger charge is -1.95. The fraction of sp³-hybridized carbons (Fsp3) is 0.167. The summed E-state index contributed by atoms with van der Waals surface area (Å²) in [5.41, 5.74) is 0.465. The largest absolute Gasteiger partial charge is 0.252 e. The van der Waals surface area contributed by atoms with E-state index in [4.69, 9.17) is 0 Å². The summed E-state index contributed by atoms with van der Waals surface area (Å²) in [6.07, 6.45) is 2.86. The van der Waals surface area contributed by atoms with Gasteiger partial charge in [0, 0.05) is 6.20 Å². The number of hydrogen-bond donors (Lipinski definition) is 0. The van der Waals surface area contributed by atoms with Gasteiger partial charge in [0.05, 0.1) is 5.69 Å². The molecule has 0 aromatic carbocycles. The van der Waals surface area contributed by atoms with Crippen molar-refractivity contribution in [1.29, 1.82) is 0 Å². The van der Waals surface area contributed by atoms with Crippen molar-refractivity contribution in [3.63, 3.8) is 0 Å². The van der Waals surface area contributed by atoms with Gasteiger partial charge in [-0.05, 0) is 6.07 Å². The normalized spacial score (nSPS) is 10.6. The molecule has 0 saturated carbocycles. The first-order chi connectivity index (χ1) is 5.42. The molecule has 5 heteroatoms. The van der Waals surface area contributed by atoms with Crippen LogP contribution in [0.3, 0.4) is 0 Å². The number of aromatic nitrogens is 4. The number of hydrogen-bond acceptors (Lipinski definition) is 3. The number of halogens is 1. The van der Waals surface area contributed by atoms with Crippen LogP contribution >= 0.6 is 0 Å². The molecule has 11 heavy (non-hydrogen) atoms. The molecule has 2 aromatic heterocycles. The Kier molecular flexibility index (Phi) is 1.28. The fourth-order valence-corrected chi connectivity index (χ4v) is 0.888. The Balaban J connectivity index is 2.79. The third-order valence-electron chi connectivity index (χ3n) is 1.40. The fourth-order valence-electron chi connectivity index (χ4n) is 0.888. The van der Waals surface area contributed by atoms with E-state index in [1.54, 1.807) is 6.07 Å². The molecule has 0 aliphatic carbocycles. The van der Waals surface area contributed by atoms with Crippen LogP contribution in [0.1, 0.15) is 5.69 Å². The van der Waals surface area contributed by atoms with Crippen LogP contribution in [0, 0.1) is 0 Å². The second-order valence-corrected chi connectivity index (χ2v) is 2.04. The van der Waals surface area contributed by atoms with Gasteiger partial charge in [0.2, 0.25) is 0 Å². The van der Waals surface area contributed by atoms with Gasteiger partial charge in [0.15, 0.2) is 0 Å². The van der Waals surface area contributed by atoms with Crippen LogP contribution in [0.5, 0.6) is 0 Å². The van der Waals surface area contributed by atoms with Crippen molar-refractivity contribution in [3.05, 3.63) is 24.3 Å². The number of rotatable bonds is 1. The molecule has 0 bridgehead atoms. The smallest absolute Gasteiger partial charge is 0.244 e. The van der Waals surface area contributed by atoms with Gasteiger partial charge in [0.25, 0.3) is 5.78 Å². The Labute approximate surface area is 61.7 Å². The summed E-state index contributed by atoms with van der Waals surface area (Å²) in [7, 11) is 0. The maximum atomic E-state index is 12.2. The highest BCUT2D eigenvalue weighted by atomic mass is 19.1. The molecular formula is C6H5FN4. The van der Waals surface area contributed by atoms with E-state index in [1.807, 2.05) is 0 Å². The van der Waals surface area contributed by atoms with Crippen LogP contribution < -0.4 is 0 Å². The molecule has 0 aliphatic rings. The van der Waals surface area contributed by atoms with Crippen LogP contribution in [0.15, 0.2) is 18.6 Å². The van der Waals surface area contributed by atoms with Gasteiger partial charge in [0.1, 0.15) is 13.0 Å². The minimum atomic E-state index is -0.553. The van der Waals surface area contributed by atoms with E-state index in [-0.39, 0.29) is 0 Å². The number of nitrogens with zero attached hydrogens (tertiary/aromatic N) is 4. The highest BCUT2D eigenvalue weighted by Gasteiger charge is 2.00. The van der Waals surface area contributed by atoms with Crippen molar-refractivity contribution in [2.75, 3.05) is 0 Å². The van der Waals surface area contributed by atoms with Crippen molar-refractivity contribution in [1.82, 2.24) is 19.6 Å². The van der Waals surface area contributed by atoms with E-state index >= 15 is 0 Å². The van der Waals surface area contributed by atoms with Crippen LogP contribution in [0.2, 0.25) is 0 Å². The molecule has 0 radical (unpaired) electrons. The summed E-state index contributed by atoms with van der Waals surface area (Å²) in [4.78, 5) is 7.67. The Morgan fingerprint density at radius 3 is 3.18 bits per heavy atom. The first-order valence-electron chi connectivity index (χ1n) is 3.11. The lowest BCUT2D eigenvalue weighted by molar-refractivity contribution is 0.467. The molecule has 0 saturated heterocycles. The molecule has 0 N–H and O–H groups in total. The SMILES string of the molecule is FCc1ccnc2ncnn12. The first-order valence-corrected chi connectivity index (χ1v) is 3.11.